The van der Waals surface area contributed by atoms with Gasteiger partial charge in [-0.2, -0.15) is 8.78 Å². The molecule has 2 aromatic rings. The molecule has 2 aromatic carbocycles. The predicted octanol–water partition coefficient (Wildman–Crippen LogP) is 3.93. The number of benzene rings is 2. The molecule has 0 N–H and O–H groups in total. The largest absolute Gasteiger partial charge is 0.451 e. The van der Waals surface area contributed by atoms with Crippen LogP contribution in [0, 0.1) is 17.0 Å². The number of hydrogen-bond donors (Lipinski definition) is 0. The molecular weight excluding hydrogens is 364 g/mol. The molecule has 0 saturated carbocycles. The molecule has 142 valence electrons. The predicted molar refractivity (Wildman–Crippen MR) is 90.1 cm³/mol. The van der Waals surface area contributed by atoms with E-state index in [1.54, 1.807) is 0 Å². The molecule has 27 heavy (non-hydrogen) atoms. The summed E-state index contributed by atoms with van der Waals surface area (Å²) >= 11 is 0. The number of rotatable bonds is 7. The van der Waals surface area contributed by atoms with Gasteiger partial charge in [-0.1, -0.05) is 6.07 Å². The summed E-state index contributed by atoms with van der Waals surface area (Å²) < 4.78 is 33.5. The zero-order valence-corrected chi connectivity index (χ0v) is 14.3. The number of Topliss-reactive ketones (excluding diaryl/α,β-unsaturated/α-hetero) is 1. The second kappa shape index (κ2) is 8.35. The summed E-state index contributed by atoms with van der Waals surface area (Å²) in [4.78, 5) is 34.8. The Morgan fingerprint density at radius 2 is 1.67 bits per heavy atom. The monoisotopic (exact) mass is 379 g/mol. The van der Waals surface area contributed by atoms with Crippen molar-refractivity contribution in [1.29, 1.82) is 0 Å². The van der Waals surface area contributed by atoms with E-state index in [0.717, 1.165) is 6.07 Å². The summed E-state index contributed by atoms with van der Waals surface area (Å²) in [6.07, 6.45) is -1.18. The number of aryl methyl sites for hydroxylation is 1. The Balaban J connectivity index is 2.08. The Bertz CT molecular complexity index is 867. The Labute approximate surface area is 152 Å². The van der Waals surface area contributed by atoms with E-state index in [1.807, 2.05) is 0 Å². The number of ether oxygens (including phenoxy) is 2. The average Bonchev–Trinajstić information content (AvgIpc) is 2.61. The minimum Gasteiger partial charge on any atom is -0.451 e. The van der Waals surface area contributed by atoms with E-state index >= 15 is 0 Å². The SMILES string of the molecule is Cc1ccc(C(=O)O[C@H](C)C(=O)c2ccc(OC(F)F)cc2)cc1[N+](=O)[O-]. The molecule has 2 rings (SSSR count). The number of hydrogen-bond acceptors (Lipinski definition) is 6. The fourth-order valence-electron chi connectivity index (χ4n) is 2.25. The third-order valence-corrected chi connectivity index (χ3v) is 3.66. The third kappa shape index (κ3) is 5.06. The highest BCUT2D eigenvalue weighted by Crippen LogP contribution is 2.21. The fourth-order valence-corrected chi connectivity index (χ4v) is 2.25. The van der Waals surface area contributed by atoms with Gasteiger partial charge >= 0.3 is 12.6 Å². The van der Waals surface area contributed by atoms with E-state index in [0.29, 0.717) is 5.56 Å². The molecule has 0 spiro atoms. The van der Waals surface area contributed by atoms with Crippen LogP contribution in [-0.2, 0) is 4.74 Å². The van der Waals surface area contributed by atoms with Gasteiger partial charge in [0.25, 0.3) is 5.69 Å². The molecule has 0 heterocycles. The van der Waals surface area contributed by atoms with E-state index < -0.39 is 29.4 Å². The van der Waals surface area contributed by atoms with Crippen molar-refractivity contribution >= 4 is 17.4 Å². The van der Waals surface area contributed by atoms with Crippen molar-refractivity contribution in [2.24, 2.45) is 0 Å². The molecule has 0 aromatic heterocycles. The lowest BCUT2D eigenvalue weighted by Crippen LogP contribution is -2.24. The lowest BCUT2D eigenvalue weighted by Gasteiger charge is -2.13. The molecule has 0 aliphatic rings. The first-order chi connectivity index (χ1) is 12.7. The first-order valence-electron chi connectivity index (χ1n) is 7.74. The second-order valence-corrected chi connectivity index (χ2v) is 5.57. The number of nitrogens with zero attached hydrogens (tertiary/aromatic N) is 1. The number of nitro groups is 1. The minimum absolute atomic E-state index is 0.0624. The van der Waals surface area contributed by atoms with Gasteiger partial charge in [-0.15, -0.1) is 0 Å². The van der Waals surface area contributed by atoms with Crippen LogP contribution in [0.5, 0.6) is 5.75 Å². The van der Waals surface area contributed by atoms with Crippen molar-refractivity contribution in [2.45, 2.75) is 26.6 Å². The van der Waals surface area contributed by atoms with Crippen LogP contribution >= 0.6 is 0 Å². The van der Waals surface area contributed by atoms with Gasteiger partial charge in [-0.3, -0.25) is 14.9 Å². The van der Waals surface area contributed by atoms with Gasteiger partial charge in [-0.05, 0) is 44.2 Å². The molecule has 1 atom stereocenters. The summed E-state index contributed by atoms with van der Waals surface area (Å²) in [5, 5.41) is 10.9. The van der Waals surface area contributed by atoms with Crippen molar-refractivity contribution in [3.05, 3.63) is 69.3 Å². The van der Waals surface area contributed by atoms with E-state index in [4.69, 9.17) is 4.74 Å². The Hall–Kier alpha value is -3.36. The van der Waals surface area contributed by atoms with Crippen LogP contribution in [0.4, 0.5) is 14.5 Å². The maximum Gasteiger partial charge on any atom is 0.387 e. The lowest BCUT2D eigenvalue weighted by molar-refractivity contribution is -0.385. The maximum absolute atomic E-state index is 12.3. The Kier molecular flexibility index (Phi) is 6.17. The summed E-state index contributed by atoms with van der Waals surface area (Å²) in [6, 6.07) is 8.75. The van der Waals surface area contributed by atoms with Crippen LogP contribution in [0.3, 0.4) is 0 Å². The Morgan fingerprint density at radius 3 is 2.22 bits per heavy atom. The van der Waals surface area contributed by atoms with Gasteiger partial charge in [0.15, 0.2) is 6.10 Å². The van der Waals surface area contributed by atoms with Gasteiger partial charge in [-0.25, -0.2) is 4.79 Å². The van der Waals surface area contributed by atoms with Crippen LogP contribution in [-0.4, -0.2) is 29.4 Å². The number of esters is 1. The Morgan fingerprint density at radius 1 is 1.07 bits per heavy atom. The van der Waals surface area contributed by atoms with E-state index in [1.165, 1.54) is 50.2 Å². The maximum atomic E-state index is 12.3. The molecule has 0 fully saturated rings. The minimum atomic E-state index is -2.98. The number of ketones is 1. The van der Waals surface area contributed by atoms with Crippen LogP contribution in [0.1, 0.15) is 33.2 Å². The third-order valence-electron chi connectivity index (χ3n) is 3.66. The van der Waals surface area contributed by atoms with Crippen LogP contribution in [0.2, 0.25) is 0 Å². The molecule has 7 nitrogen and oxygen atoms in total. The van der Waals surface area contributed by atoms with Crippen molar-refractivity contribution < 1.29 is 32.8 Å². The number of carbonyl (C=O) groups excluding carboxylic acids is 2. The molecule has 0 saturated heterocycles. The van der Waals surface area contributed by atoms with Gasteiger partial charge in [0.2, 0.25) is 5.78 Å². The highest BCUT2D eigenvalue weighted by molar-refractivity contribution is 6.01. The number of alkyl halides is 2. The van der Waals surface area contributed by atoms with E-state index in [9.17, 15) is 28.5 Å². The van der Waals surface area contributed by atoms with E-state index in [2.05, 4.69) is 4.74 Å². The quantitative estimate of drug-likeness (QED) is 0.313. The highest BCUT2D eigenvalue weighted by Gasteiger charge is 2.22. The zero-order chi connectivity index (χ0) is 20.1. The van der Waals surface area contributed by atoms with Crippen LogP contribution in [0.15, 0.2) is 42.5 Å². The standard InChI is InChI=1S/C18H15F2NO6/c1-10-3-4-13(9-15(10)21(24)25)17(23)26-11(2)16(22)12-5-7-14(8-6-12)27-18(19)20/h3-9,11,18H,1-2H3/t11-/m1/s1. The first kappa shape index (κ1) is 20.0. The van der Waals surface area contributed by atoms with Crippen molar-refractivity contribution in [1.82, 2.24) is 0 Å². The van der Waals surface area contributed by atoms with Crippen LogP contribution < -0.4 is 4.74 Å². The summed E-state index contributed by atoms with van der Waals surface area (Å²) in [6.45, 7) is -0.113. The second-order valence-electron chi connectivity index (χ2n) is 5.57. The van der Waals surface area contributed by atoms with Crippen LogP contribution in [0.25, 0.3) is 0 Å². The summed E-state index contributed by atoms with van der Waals surface area (Å²) in [7, 11) is 0. The van der Waals surface area contributed by atoms with Crippen molar-refractivity contribution in [3.63, 3.8) is 0 Å². The topological polar surface area (TPSA) is 95.7 Å². The number of nitro benzene ring substituents is 1. The van der Waals surface area contributed by atoms with Gasteiger partial charge in [0.1, 0.15) is 5.75 Å². The molecule has 0 aliphatic carbocycles. The molecule has 0 unspecified atom stereocenters. The number of halogens is 2. The molecule has 0 radical (unpaired) electrons. The first-order valence-corrected chi connectivity index (χ1v) is 7.74. The molecular formula is C18H15F2NO6. The van der Waals surface area contributed by atoms with Gasteiger partial charge < -0.3 is 9.47 Å². The van der Waals surface area contributed by atoms with Crippen molar-refractivity contribution in [2.75, 3.05) is 0 Å². The van der Waals surface area contributed by atoms with Crippen molar-refractivity contribution in [3.8, 4) is 5.75 Å². The smallest absolute Gasteiger partial charge is 0.387 e. The van der Waals surface area contributed by atoms with Gasteiger partial charge in [0.05, 0.1) is 10.5 Å². The molecule has 0 amide bonds. The average molecular weight is 379 g/mol. The number of carbonyl (C=O) groups is 2. The lowest BCUT2D eigenvalue weighted by atomic mass is 10.1. The van der Waals surface area contributed by atoms with Gasteiger partial charge in [0, 0.05) is 17.2 Å². The zero-order valence-electron chi connectivity index (χ0n) is 14.3. The molecule has 9 heteroatoms. The fraction of sp³-hybridized carbons (Fsp3) is 0.222. The molecule has 0 aliphatic heterocycles. The molecule has 0 bridgehead atoms. The highest BCUT2D eigenvalue weighted by atomic mass is 19.3. The summed E-state index contributed by atoms with van der Waals surface area (Å²) in [5.74, 6) is -1.57. The summed E-state index contributed by atoms with van der Waals surface area (Å²) in [5.41, 5.74) is 0.212. The normalized spacial score (nSPS) is 11.7. The van der Waals surface area contributed by atoms with E-state index in [-0.39, 0.29) is 22.6 Å².